The number of hydrogen-bond donors (Lipinski definition) is 1. The zero-order valence-corrected chi connectivity index (χ0v) is 11.9. The SMILES string of the molecule is CCc1cccc(C)c1NCCCc1ccccc1. The summed E-state index contributed by atoms with van der Waals surface area (Å²) in [5.41, 5.74) is 5.52. The van der Waals surface area contributed by atoms with E-state index in [1.54, 1.807) is 0 Å². The van der Waals surface area contributed by atoms with Gasteiger partial charge in [-0.15, -0.1) is 0 Å². The van der Waals surface area contributed by atoms with Gasteiger partial charge < -0.3 is 5.32 Å². The number of rotatable bonds is 6. The third kappa shape index (κ3) is 3.85. The first-order valence-corrected chi connectivity index (χ1v) is 7.17. The lowest BCUT2D eigenvalue weighted by Gasteiger charge is -2.14. The molecule has 0 radical (unpaired) electrons. The highest BCUT2D eigenvalue weighted by Gasteiger charge is 2.02. The van der Waals surface area contributed by atoms with Crippen molar-refractivity contribution in [3.05, 3.63) is 65.2 Å². The number of benzene rings is 2. The Labute approximate surface area is 116 Å². The van der Waals surface area contributed by atoms with Gasteiger partial charge in [0.05, 0.1) is 0 Å². The molecule has 0 unspecified atom stereocenters. The molecule has 1 nitrogen and oxygen atoms in total. The van der Waals surface area contributed by atoms with Crippen molar-refractivity contribution in [1.82, 2.24) is 0 Å². The van der Waals surface area contributed by atoms with Gasteiger partial charge in [0.1, 0.15) is 0 Å². The smallest absolute Gasteiger partial charge is 0.0402 e. The Balaban J connectivity index is 1.86. The van der Waals surface area contributed by atoms with Gasteiger partial charge in [-0.25, -0.2) is 0 Å². The minimum absolute atomic E-state index is 1.03. The van der Waals surface area contributed by atoms with E-state index in [0.29, 0.717) is 0 Å². The molecule has 0 aliphatic carbocycles. The average Bonchev–Trinajstić information content (AvgIpc) is 2.46. The number of aryl methyl sites for hydroxylation is 3. The van der Waals surface area contributed by atoms with Gasteiger partial charge in [-0.3, -0.25) is 0 Å². The lowest BCUT2D eigenvalue weighted by atomic mass is 10.1. The molecule has 0 amide bonds. The van der Waals surface area contributed by atoms with Gasteiger partial charge in [0.25, 0.3) is 0 Å². The largest absolute Gasteiger partial charge is 0.385 e. The number of nitrogens with one attached hydrogen (secondary N) is 1. The van der Waals surface area contributed by atoms with E-state index < -0.39 is 0 Å². The van der Waals surface area contributed by atoms with Gasteiger partial charge in [0.2, 0.25) is 0 Å². The van der Waals surface area contributed by atoms with E-state index in [1.165, 1.54) is 28.8 Å². The average molecular weight is 253 g/mol. The molecule has 0 aromatic heterocycles. The summed E-state index contributed by atoms with van der Waals surface area (Å²) in [6.07, 6.45) is 3.39. The molecule has 1 heteroatoms. The molecule has 0 spiro atoms. The van der Waals surface area contributed by atoms with Gasteiger partial charge in [0, 0.05) is 12.2 Å². The maximum Gasteiger partial charge on any atom is 0.0402 e. The van der Waals surface area contributed by atoms with Crippen LogP contribution in [0, 0.1) is 6.92 Å². The summed E-state index contributed by atoms with van der Waals surface area (Å²) in [5, 5.41) is 3.60. The molecule has 0 aliphatic heterocycles. The van der Waals surface area contributed by atoms with Gasteiger partial charge in [0.15, 0.2) is 0 Å². The molecule has 2 aromatic carbocycles. The summed E-state index contributed by atoms with van der Waals surface area (Å²) < 4.78 is 0. The topological polar surface area (TPSA) is 12.0 Å². The van der Waals surface area contributed by atoms with E-state index >= 15 is 0 Å². The van der Waals surface area contributed by atoms with Crippen molar-refractivity contribution in [2.75, 3.05) is 11.9 Å². The second kappa shape index (κ2) is 6.98. The van der Waals surface area contributed by atoms with E-state index in [9.17, 15) is 0 Å². The summed E-state index contributed by atoms with van der Waals surface area (Å²) in [5.74, 6) is 0. The molecule has 19 heavy (non-hydrogen) atoms. The molecule has 0 fully saturated rings. The Kier molecular flexibility index (Phi) is 5.02. The van der Waals surface area contributed by atoms with Crippen LogP contribution in [0.15, 0.2) is 48.5 Å². The zero-order valence-electron chi connectivity index (χ0n) is 11.9. The third-order valence-electron chi connectivity index (χ3n) is 3.53. The van der Waals surface area contributed by atoms with Gasteiger partial charge in [-0.05, 0) is 42.9 Å². The van der Waals surface area contributed by atoms with Crippen LogP contribution in [-0.2, 0) is 12.8 Å². The lowest BCUT2D eigenvalue weighted by Crippen LogP contribution is -2.06. The quantitative estimate of drug-likeness (QED) is 0.742. The molecule has 2 rings (SSSR count). The summed E-state index contributed by atoms with van der Waals surface area (Å²) in [6.45, 7) is 5.43. The number of hydrogen-bond acceptors (Lipinski definition) is 1. The maximum atomic E-state index is 3.60. The highest BCUT2D eigenvalue weighted by atomic mass is 14.9. The summed E-state index contributed by atoms with van der Waals surface area (Å²) in [7, 11) is 0. The van der Waals surface area contributed by atoms with E-state index in [2.05, 4.69) is 67.7 Å². The Morgan fingerprint density at radius 2 is 1.74 bits per heavy atom. The molecular weight excluding hydrogens is 230 g/mol. The van der Waals surface area contributed by atoms with Crippen LogP contribution in [0.5, 0.6) is 0 Å². The fraction of sp³-hybridized carbons (Fsp3) is 0.333. The molecule has 0 atom stereocenters. The first-order valence-electron chi connectivity index (χ1n) is 7.17. The molecule has 0 saturated carbocycles. The van der Waals surface area contributed by atoms with Crippen molar-refractivity contribution < 1.29 is 0 Å². The zero-order chi connectivity index (χ0) is 13.5. The molecule has 2 aromatic rings. The summed E-state index contributed by atoms with van der Waals surface area (Å²) in [6, 6.07) is 17.2. The van der Waals surface area contributed by atoms with Crippen molar-refractivity contribution >= 4 is 5.69 Å². The first kappa shape index (κ1) is 13.7. The van der Waals surface area contributed by atoms with Crippen LogP contribution in [0.2, 0.25) is 0 Å². The molecule has 0 bridgehead atoms. The van der Waals surface area contributed by atoms with Gasteiger partial charge in [-0.1, -0.05) is 55.5 Å². The fourth-order valence-corrected chi connectivity index (χ4v) is 2.43. The van der Waals surface area contributed by atoms with Gasteiger partial charge >= 0.3 is 0 Å². The highest BCUT2D eigenvalue weighted by molar-refractivity contribution is 5.57. The third-order valence-corrected chi connectivity index (χ3v) is 3.53. The van der Waals surface area contributed by atoms with Crippen LogP contribution < -0.4 is 5.32 Å². The van der Waals surface area contributed by atoms with Crippen molar-refractivity contribution in [3.63, 3.8) is 0 Å². The van der Waals surface area contributed by atoms with Crippen LogP contribution >= 0.6 is 0 Å². The van der Waals surface area contributed by atoms with E-state index in [4.69, 9.17) is 0 Å². The molecule has 0 heterocycles. The Bertz CT molecular complexity index is 502. The standard InChI is InChI=1S/C18H23N/c1-3-17-13-7-9-15(2)18(17)19-14-8-12-16-10-5-4-6-11-16/h4-7,9-11,13,19H,3,8,12,14H2,1-2H3. The van der Waals surface area contributed by atoms with Crippen molar-refractivity contribution in [3.8, 4) is 0 Å². The van der Waals surface area contributed by atoms with Crippen molar-refractivity contribution in [2.24, 2.45) is 0 Å². The Morgan fingerprint density at radius 3 is 2.47 bits per heavy atom. The van der Waals surface area contributed by atoms with Crippen LogP contribution in [0.25, 0.3) is 0 Å². The molecule has 0 aliphatic rings. The second-order valence-electron chi connectivity index (χ2n) is 4.98. The Morgan fingerprint density at radius 1 is 0.947 bits per heavy atom. The van der Waals surface area contributed by atoms with E-state index in [1.807, 2.05) is 0 Å². The predicted octanol–water partition coefficient (Wildman–Crippen LogP) is 4.60. The summed E-state index contributed by atoms with van der Waals surface area (Å²) >= 11 is 0. The Hall–Kier alpha value is -1.76. The molecule has 1 N–H and O–H groups in total. The monoisotopic (exact) mass is 253 g/mol. The van der Waals surface area contributed by atoms with Crippen LogP contribution in [0.3, 0.4) is 0 Å². The lowest BCUT2D eigenvalue weighted by molar-refractivity contribution is 0.860. The summed E-state index contributed by atoms with van der Waals surface area (Å²) in [4.78, 5) is 0. The minimum atomic E-state index is 1.03. The molecule has 0 saturated heterocycles. The van der Waals surface area contributed by atoms with Crippen molar-refractivity contribution in [2.45, 2.75) is 33.1 Å². The first-order chi connectivity index (χ1) is 9.31. The number of anilines is 1. The minimum Gasteiger partial charge on any atom is -0.385 e. The molecular formula is C18H23N. The number of para-hydroxylation sites is 1. The van der Waals surface area contributed by atoms with E-state index in [-0.39, 0.29) is 0 Å². The van der Waals surface area contributed by atoms with E-state index in [0.717, 1.165) is 19.4 Å². The van der Waals surface area contributed by atoms with Crippen LogP contribution in [0.1, 0.15) is 30.0 Å². The van der Waals surface area contributed by atoms with Crippen molar-refractivity contribution in [1.29, 1.82) is 0 Å². The molecule has 100 valence electrons. The second-order valence-corrected chi connectivity index (χ2v) is 4.98. The van der Waals surface area contributed by atoms with Crippen LogP contribution in [0.4, 0.5) is 5.69 Å². The normalized spacial score (nSPS) is 10.4. The fourth-order valence-electron chi connectivity index (χ4n) is 2.43. The highest BCUT2D eigenvalue weighted by Crippen LogP contribution is 2.21. The maximum absolute atomic E-state index is 3.60. The van der Waals surface area contributed by atoms with Crippen LogP contribution in [-0.4, -0.2) is 6.54 Å². The predicted molar refractivity (Wildman–Crippen MR) is 83.8 cm³/mol. The van der Waals surface area contributed by atoms with Gasteiger partial charge in [-0.2, -0.15) is 0 Å².